The van der Waals surface area contributed by atoms with Crippen molar-refractivity contribution in [2.45, 2.75) is 13.3 Å². The fraction of sp³-hybridized carbons (Fsp3) is 0.0952. The van der Waals surface area contributed by atoms with E-state index in [1.54, 1.807) is 18.2 Å². The summed E-state index contributed by atoms with van der Waals surface area (Å²) in [6.07, 6.45) is 2.66. The van der Waals surface area contributed by atoms with Gasteiger partial charge in [-0.15, -0.1) is 0 Å². The standard InChI is InChI=1S/C21H12Cl2F5N5O2/c22-11-2-1-3-13(15(11)23)35-9-33-6-4-12(30-33)21(34)29-14-5-7-32(31-14)8-10-16(24)18(26)20(28)19(27)17(10)25/h1-7H,8-9H2,(H,29,31,34). The van der Waals surface area contributed by atoms with Gasteiger partial charge in [0, 0.05) is 18.5 Å². The van der Waals surface area contributed by atoms with Gasteiger partial charge in [0.15, 0.2) is 41.5 Å². The minimum atomic E-state index is -2.25. The highest BCUT2D eigenvalue weighted by atomic mass is 35.5. The van der Waals surface area contributed by atoms with Gasteiger partial charge in [-0.2, -0.15) is 10.2 Å². The molecule has 0 fully saturated rings. The van der Waals surface area contributed by atoms with Gasteiger partial charge in [-0.25, -0.2) is 26.6 Å². The summed E-state index contributed by atoms with van der Waals surface area (Å²) >= 11 is 12.0. The molecule has 35 heavy (non-hydrogen) atoms. The average molecular weight is 532 g/mol. The molecule has 1 N–H and O–H groups in total. The maximum absolute atomic E-state index is 13.9. The summed E-state index contributed by atoms with van der Waals surface area (Å²) in [6, 6.07) is 7.51. The van der Waals surface area contributed by atoms with Crippen LogP contribution in [0.2, 0.25) is 10.0 Å². The number of nitrogens with one attached hydrogen (secondary N) is 1. The highest BCUT2D eigenvalue weighted by molar-refractivity contribution is 6.42. The lowest BCUT2D eigenvalue weighted by Gasteiger charge is -2.08. The van der Waals surface area contributed by atoms with Crippen molar-refractivity contribution < 1.29 is 31.5 Å². The van der Waals surface area contributed by atoms with E-state index in [4.69, 9.17) is 27.9 Å². The monoisotopic (exact) mass is 531 g/mol. The number of carbonyl (C=O) groups is 1. The molecular weight excluding hydrogens is 520 g/mol. The van der Waals surface area contributed by atoms with E-state index in [1.165, 1.54) is 29.2 Å². The summed E-state index contributed by atoms with van der Waals surface area (Å²) in [5.74, 6) is -10.7. The van der Waals surface area contributed by atoms with Crippen LogP contribution in [0, 0.1) is 29.1 Å². The summed E-state index contributed by atoms with van der Waals surface area (Å²) < 4.78 is 75.4. The fourth-order valence-electron chi connectivity index (χ4n) is 2.93. The van der Waals surface area contributed by atoms with Crippen molar-refractivity contribution >= 4 is 34.9 Å². The van der Waals surface area contributed by atoms with Crippen LogP contribution in [0.3, 0.4) is 0 Å². The van der Waals surface area contributed by atoms with Crippen LogP contribution >= 0.6 is 23.2 Å². The maximum Gasteiger partial charge on any atom is 0.277 e. The van der Waals surface area contributed by atoms with E-state index in [2.05, 4.69) is 15.5 Å². The quantitative estimate of drug-likeness (QED) is 0.196. The van der Waals surface area contributed by atoms with Crippen LogP contribution < -0.4 is 10.1 Å². The third kappa shape index (κ3) is 5.08. The molecule has 7 nitrogen and oxygen atoms in total. The van der Waals surface area contributed by atoms with Crippen molar-refractivity contribution in [2.24, 2.45) is 0 Å². The number of nitrogens with zero attached hydrogens (tertiary/aromatic N) is 4. The summed E-state index contributed by atoms with van der Waals surface area (Å²) in [4.78, 5) is 12.4. The van der Waals surface area contributed by atoms with Gasteiger partial charge < -0.3 is 10.1 Å². The Labute approximate surface area is 203 Å². The van der Waals surface area contributed by atoms with Gasteiger partial charge >= 0.3 is 0 Å². The molecule has 2 heterocycles. The normalized spacial score (nSPS) is 11.1. The second-order valence-corrected chi connectivity index (χ2v) is 7.75. The van der Waals surface area contributed by atoms with Crippen molar-refractivity contribution in [3.8, 4) is 5.75 Å². The Bertz CT molecular complexity index is 1400. The zero-order chi connectivity index (χ0) is 25.3. The topological polar surface area (TPSA) is 74.0 Å². The number of anilines is 1. The number of benzene rings is 2. The van der Waals surface area contributed by atoms with E-state index in [-0.39, 0.29) is 23.3 Å². The number of carbonyl (C=O) groups excluding carboxylic acids is 1. The molecule has 0 saturated carbocycles. The van der Waals surface area contributed by atoms with Crippen molar-refractivity contribution in [1.29, 1.82) is 0 Å². The molecule has 2 aromatic carbocycles. The van der Waals surface area contributed by atoms with Gasteiger partial charge in [0.05, 0.1) is 17.1 Å². The molecule has 182 valence electrons. The molecule has 0 unspecified atom stereocenters. The maximum atomic E-state index is 13.9. The van der Waals surface area contributed by atoms with Crippen molar-refractivity contribution in [3.63, 3.8) is 0 Å². The Balaban J connectivity index is 1.40. The zero-order valence-corrected chi connectivity index (χ0v) is 18.7. The smallest absolute Gasteiger partial charge is 0.277 e. The van der Waals surface area contributed by atoms with Crippen LogP contribution in [0.5, 0.6) is 5.75 Å². The summed E-state index contributed by atoms with van der Waals surface area (Å²) in [6.45, 7) is -0.844. The van der Waals surface area contributed by atoms with Crippen LogP contribution in [0.15, 0.2) is 42.7 Å². The molecule has 0 aliphatic rings. The Morgan fingerprint density at radius 2 is 1.54 bits per heavy atom. The van der Waals surface area contributed by atoms with E-state index < -0.39 is 47.1 Å². The number of ether oxygens (including phenoxy) is 1. The first kappa shape index (κ1) is 24.5. The predicted molar refractivity (Wildman–Crippen MR) is 115 cm³/mol. The number of halogens is 7. The first-order valence-corrected chi connectivity index (χ1v) is 10.4. The number of rotatable bonds is 7. The molecule has 0 spiro atoms. The van der Waals surface area contributed by atoms with Crippen LogP contribution in [-0.4, -0.2) is 25.5 Å². The van der Waals surface area contributed by atoms with E-state index in [0.717, 1.165) is 4.68 Å². The number of hydrogen-bond donors (Lipinski definition) is 1. The summed E-state index contributed by atoms with van der Waals surface area (Å²) in [5.41, 5.74) is -1.08. The first-order valence-electron chi connectivity index (χ1n) is 9.61. The average Bonchev–Trinajstić information content (AvgIpc) is 3.50. The molecule has 2 aromatic heterocycles. The zero-order valence-electron chi connectivity index (χ0n) is 17.2. The van der Waals surface area contributed by atoms with Gasteiger partial charge in [0.1, 0.15) is 10.8 Å². The molecule has 0 atom stereocenters. The molecule has 0 radical (unpaired) electrons. The van der Waals surface area contributed by atoms with Crippen LogP contribution in [0.25, 0.3) is 0 Å². The Hall–Kier alpha value is -3.64. The minimum Gasteiger partial charge on any atom is -0.470 e. The summed E-state index contributed by atoms with van der Waals surface area (Å²) in [7, 11) is 0. The molecule has 0 saturated heterocycles. The Morgan fingerprint density at radius 3 is 2.26 bits per heavy atom. The molecule has 4 aromatic rings. The van der Waals surface area contributed by atoms with Crippen molar-refractivity contribution in [1.82, 2.24) is 19.6 Å². The number of aromatic nitrogens is 4. The van der Waals surface area contributed by atoms with E-state index in [0.29, 0.717) is 10.8 Å². The van der Waals surface area contributed by atoms with Gasteiger partial charge in [-0.3, -0.25) is 9.48 Å². The molecule has 0 bridgehead atoms. The third-order valence-corrected chi connectivity index (χ3v) is 5.45. The van der Waals surface area contributed by atoms with Gasteiger partial charge in [-0.1, -0.05) is 29.3 Å². The molecule has 1 amide bonds. The predicted octanol–water partition coefficient (Wildman–Crippen LogP) is 5.42. The van der Waals surface area contributed by atoms with E-state index >= 15 is 0 Å². The molecule has 0 aliphatic carbocycles. The molecule has 14 heteroatoms. The Kier molecular flexibility index (Phi) is 6.94. The second kappa shape index (κ2) is 9.92. The largest absolute Gasteiger partial charge is 0.470 e. The lowest BCUT2D eigenvalue weighted by molar-refractivity contribution is 0.101. The highest BCUT2D eigenvalue weighted by Crippen LogP contribution is 2.31. The molecule has 4 rings (SSSR count). The second-order valence-electron chi connectivity index (χ2n) is 6.97. The van der Waals surface area contributed by atoms with Gasteiger partial charge in [0.25, 0.3) is 5.91 Å². The van der Waals surface area contributed by atoms with Crippen molar-refractivity contribution in [3.05, 3.63) is 93.1 Å². The lowest BCUT2D eigenvalue weighted by atomic mass is 10.1. The van der Waals surface area contributed by atoms with E-state index in [1.807, 2.05) is 0 Å². The minimum absolute atomic E-state index is 0.0138. The summed E-state index contributed by atoms with van der Waals surface area (Å²) in [5, 5.41) is 10.9. The van der Waals surface area contributed by atoms with Gasteiger partial charge in [-0.05, 0) is 18.2 Å². The lowest BCUT2D eigenvalue weighted by Crippen LogP contribution is -2.15. The van der Waals surface area contributed by atoms with Crippen molar-refractivity contribution in [2.75, 3.05) is 5.32 Å². The first-order chi connectivity index (χ1) is 16.7. The molecule has 0 aliphatic heterocycles. The van der Waals surface area contributed by atoms with Gasteiger partial charge in [0.2, 0.25) is 5.82 Å². The fourth-order valence-corrected chi connectivity index (χ4v) is 3.28. The van der Waals surface area contributed by atoms with E-state index in [9.17, 15) is 26.7 Å². The highest BCUT2D eigenvalue weighted by Gasteiger charge is 2.26. The van der Waals surface area contributed by atoms with Crippen LogP contribution in [-0.2, 0) is 13.3 Å². The van der Waals surface area contributed by atoms with Crippen LogP contribution in [0.4, 0.5) is 27.8 Å². The number of amides is 1. The third-order valence-electron chi connectivity index (χ3n) is 4.64. The number of hydrogen-bond acceptors (Lipinski definition) is 4. The van der Waals surface area contributed by atoms with Crippen LogP contribution in [0.1, 0.15) is 16.1 Å². The molecular formula is C21H12Cl2F5N5O2. The SMILES string of the molecule is O=C(Nc1ccn(Cc2c(F)c(F)c(F)c(F)c2F)n1)c1ccn(COc2cccc(Cl)c2Cl)n1. The Morgan fingerprint density at radius 1 is 0.886 bits per heavy atom.